The number of nitrogens with zero attached hydrogens (tertiary/aromatic N) is 1. The molecule has 4 rings (SSSR count). The third-order valence-electron chi connectivity index (χ3n) is 4.48. The number of ether oxygens (including phenoxy) is 1. The van der Waals surface area contributed by atoms with E-state index in [9.17, 15) is 9.90 Å². The second kappa shape index (κ2) is 6.44. The lowest BCUT2D eigenvalue weighted by atomic mass is 10.0. The van der Waals surface area contributed by atoms with Crippen LogP contribution < -0.4 is 15.0 Å². The van der Waals surface area contributed by atoms with E-state index in [4.69, 9.17) is 4.74 Å². The number of nitrogens with one attached hydrogen (secondary N) is 1. The topological polar surface area (TPSA) is 61.8 Å². The van der Waals surface area contributed by atoms with Crippen molar-refractivity contribution in [3.63, 3.8) is 0 Å². The average Bonchev–Trinajstić information content (AvgIpc) is 2.68. The van der Waals surface area contributed by atoms with Gasteiger partial charge in [0.1, 0.15) is 6.17 Å². The largest absolute Gasteiger partial charge is 0.504 e. The van der Waals surface area contributed by atoms with Gasteiger partial charge in [0.15, 0.2) is 11.5 Å². The van der Waals surface area contributed by atoms with Crippen LogP contribution in [0, 0.1) is 0 Å². The van der Waals surface area contributed by atoms with E-state index in [2.05, 4.69) is 5.32 Å². The summed E-state index contributed by atoms with van der Waals surface area (Å²) in [7, 11) is 1.50. The lowest BCUT2D eigenvalue weighted by Crippen LogP contribution is -2.43. The van der Waals surface area contributed by atoms with E-state index < -0.39 is 6.17 Å². The molecule has 0 aliphatic carbocycles. The van der Waals surface area contributed by atoms with Crippen molar-refractivity contribution in [1.82, 2.24) is 0 Å². The van der Waals surface area contributed by atoms with Gasteiger partial charge < -0.3 is 15.2 Å². The molecule has 0 unspecified atom stereocenters. The first kappa shape index (κ1) is 16.0. The molecule has 0 radical (unpaired) electrons. The third-order valence-corrected chi connectivity index (χ3v) is 4.48. The van der Waals surface area contributed by atoms with Gasteiger partial charge in [-0.05, 0) is 42.0 Å². The van der Waals surface area contributed by atoms with E-state index in [0.717, 1.165) is 16.9 Å². The van der Waals surface area contributed by atoms with Crippen molar-refractivity contribution in [2.75, 3.05) is 17.3 Å². The summed E-state index contributed by atoms with van der Waals surface area (Å²) in [6.45, 7) is 0. The summed E-state index contributed by atoms with van der Waals surface area (Å²) in [5.74, 6) is 0.333. The van der Waals surface area contributed by atoms with E-state index in [1.165, 1.54) is 7.11 Å². The Labute approximate surface area is 151 Å². The number of hydrogen-bond donors (Lipinski definition) is 2. The molecule has 5 heteroatoms. The van der Waals surface area contributed by atoms with Crippen molar-refractivity contribution in [3.05, 3.63) is 83.9 Å². The van der Waals surface area contributed by atoms with Crippen LogP contribution in [0.2, 0.25) is 0 Å². The van der Waals surface area contributed by atoms with Gasteiger partial charge in [0.05, 0.1) is 12.7 Å². The van der Waals surface area contributed by atoms with Gasteiger partial charge in [-0.3, -0.25) is 9.69 Å². The zero-order valence-corrected chi connectivity index (χ0v) is 14.2. The van der Waals surface area contributed by atoms with Gasteiger partial charge in [-0.25, -0.2) is 0 Å². The summed E-state index contributed by atoms with van der Waals surface area (Å²) in [5, 5.41) is 13.6. The molecule has 0 saturated heterocycles. The predicted octanol–water partition coefficient (Wildman–Crippen LogP) is 4.17. The summed E-state index contributed by atoms with van der Waals surface area (Å²) in [6, 6.07) is 22.1. The van der Waals surface area contributed by atoms with Crippen LogP contribution in [0.15, 0.2) is 72.8 Å². The van der Waals surface area contributed by atoms with Crippen LogP contribution in [0.3, 0.4) is 0 Å². The minimum atomic E-state index is -0.448. The van der Waals surface area contributed by atoms with Crippen LogP contribution in [0.4, 0.5) is 11.4 Å². The maximum atomic E-state index is 13.2. The van der Waals surface area contributed by atoms with Gasteiger partial charge in [0, 0.05) is 11.4 Å². The highest BCUT2D eigenvalue weighted by molar-refractivity contribution is 6.12. The second-order valence-corrected chi connectivity index (χ2v) is 6.03. The zero-order chi connectivity index (χ0) is 18.1. The fourth-order valence-electron chi connectivity index (χ4n) is 3.22. The van der Waals surface area contributed by atoms with Gasteiger partial charge in [-0.1, -0.05) is 36.4 Å². The molecule has 26 heavy (non-hydrogen) atoms. The Hall–Kier alpha value is -3.47. The standard InChI is InChI=1S/C21H18N2O3/c1-26-19-12-11-14(13-18(19)24)20-22-17-10-6-5-9-16(17)21(25)23(20)15-7-3-2-4-8-15/h2-13,20,22,24H,1H3/t20-/m1/s1. The smallest absolute Gasteiger partial charge is 0.262 e. The number of carbonyl (C=O) groups excluding carboxylic acids is 1. The molecule has 2 N–H and O–H groups in total. The van der Waals surface area contributed by atoms with E-state index in [0.29, 0.717) is 11.3 Å². The van der Waals surface area contributed by atoms with Gasteiger partial charge in [-0.15, -0.1) is 0 Å². The number of anilines is 2. The van der Waals surface area contributed by atoms with Gasteiger partial charge in [-0.2, -0.15) is 0 Å². The molecule has 0 bridgehead atoms. The first-order chi connectivity index (χ1) is 12.7. The Morgan fingerprint density at radius 2 is 1.73 bits per heavy atom. The number of benzene rings is 3. The molecule has 1 amide bonds. The molecule has 0 fully saturated rings. The summed E-state index contributed by atoms with van der Waals surface area (Å²) < 4.78 is 5.13. The highest BCUT2D eigenvalue weighted by Crippen LogP contribution is 2.38. The van der Waals surface area contributed by atoms with Crippen molar-refractivity contribution in [3.8, 4) is 11.5 Å². The molecular formula is C21H18N2O3. The maximum Gasteiger partial charge on any atom is 0.262 e. The summed E-state index contributed by atoms with van der Waals surface area (Å²) in [4.78, 5) is 14.9. The van der Waals surface area contributed by atoms with Crippen LogP contribution in [0.1, 0.15) is 22.1 Å². The minimum Gasteiger partial charge on any atom is -0.504 e. The van der Waals surface area contributed by atoms with Gasteiger partial charge >= 0.3 is 0 Å². The number of methoxy groups -OCH3 is 1. The number of para-hydroxylation sites is 2. The molecule has 0 spiro atoms. The number of fused-ring (bicyclic) bond motifs is 1. The Morgan fingerprint density at radius 1 is 1.00 bits per heavy atom. The number of rotatable bonds is 3. The highest BCUT2D eigenvalue weighted by Gasteiger charge is 2.34. The van der Waals surface area contributed by atoms with Crippen LogP contribution in [-0.4, -0.2) is 18.1 Å². The molecule has 130 valence electrons. The average molecular weight is 346 g/mol. The monoisotopic (exact) mass is 346 g/mol. The lowest BCUT2D eigenvalue weighted by molar-refractivity contribution is 0.0975. The molecule has 3 aromatic rings. The van der Waals surface area contributed by atoms with Crippen LogP contribution in [0.5, 0.6) is 11.5 Å². The van der Waals surface area contributed by atoms with Crippen molar-refractivity contribution >= 4 is 17.3 Å². The normalized spacial score (nSPS) is 16.0. The quantitative estimate of drug-likeness (QED) is 0.747. The van der Waals surface area contributed by atoms with Crippen molar-refractivity contribution in [2.24, 2.45) is 0 Å². The van der Waals surface area contributed by atoms with Crippen molar-refractivity contribution < 1.29 is 14.6 Å². The molecule has 3 aromatic carbocycles. The maximum absolute atomic E-state index is 13.2. The van der Waals surface area contributed by atoms with Crippen LogP contribution in [-0.2, 0) is 0 Å². The molecule has 1 aliphatic heterocycles. The van der Waals surface area contributed by atoms with Gasteiger partial charge in [0.2, 0.25) is 0 Å². The number of aromatic hydroxyl groups is 1. The molecule has 1 aliphatic rings. The molecular weight excluding hydrogens is 328 g/mol. The third kappa shape index (κ3) is 2.63. The number of phenolic OH excluding ortho intramolecular Hbond substituents is 1. The number of hydrogen-bond acceptors (Lipinski definition) is 4. The first-order valence-electron chi connectivity index (χ1n) is 8.30. The van der Waals surface area contributed by atoms with E-state index in [1.54, 1.807) is 17.0 Å². The summed E-state index contributed by atoms with van der Waals surface area (Å²) >= 11 is 0. The van der Waals surface area contributed by atoms with Gasteiger partial charge in [0.25, 0.3) is 5.91 Å². The second-order valence-electron chi connectivity index (χ2n) is 6.03. The van der Waals surface area contributed by atoms with E-state index in [1.807, 2.05) is 60.7 Å². The lowest BCUT2D eigenvalue weighted by Gasteiger charge is -2.38. The first-order valence-corrected chi connectivity index (χ1v) is 8.30. The fraction of sp³-hybridized carbons (Fsp3) is 0.0952. The Bertz CT molecular complexity index is 956. The van der Waals surface area contributed by atoms with E-state index in [-0.39, 0.29) is 11.7 Å². The Balaban J connectivity index is 1.85. The molecule has 1 atom stereocenters. The predicted molar refractivity (Wildman–Crippen MR) is 101 cm³/mol. The summed E-state index contributed by atoms with van der Waals surface area (Å²) in [6.07, 6.45) is -0.448. The number of carbonyl (C=O) groups is 1. The van der Waals surface area contributed by atoms with Crippen LogP contribution in [0.25, 0.3) is 0 Å². The molecule has 1 heterocycles. The highest BCUT2D eigenvalue weighted by atomic mass is 16.5. The minimum absolute atomic E-state index is 0.0334. The van der Waals surface area contributed by atoms with E-state index >= 15 is 0 Å². The molecule has 5 nitrogen and oxygen atoms in total. The Morgan fingerprint density at radius 3 is 2.46 bits per heavy atom. The Kier molecular flexibility index (Phi) is 3.97. The number of phenols is 1. The molecule has 0 saturated carbocycles. The molecule has 0 aromatic heterocycles. The zero-order valence-electron chi connectivity index (χ0n) is 14.2. The van der Waals surface area contributed by atoms with Crippen molar-refractivity contribution in [2.45, 2.75) is 6.17 Å². The van der Waals surface area contributed by atoms with Crippen LogP contribution >= 0.6 is 0 Å². The number of amides is 1. The summed E-state index contributed by atoms with van der Waals surface area (Å²) in [5.41, 5.74) is 2.92. The SMILES string of the molecule is COc1ccc([C@@H]2Nc3ccccc3C(=O)N2c2ccccc2)cc1O. The van der Waals surface area contributed by atoms with Crippen molar-refractivity contribution in [1.29, 1.82) is 0 Å². The fourth-order valence-corrected chi connectivity index (χ4v) is 3.22.